The number of hydrogen-bond donors (Lipinski definition) is 0. The van der Waals surface area contributed by atoms with Crippen LogP contribution in [-0.2, 0) is 14.8 Å². The molecule has 4 rings (SSSR count). The first-order chi connectivity index (χ1) is 15.2. The van der Waals surface area contributed by atoms with Crippen molar-refractivity contribution in [1.82, 2.24) is 9.21 Å². The lowest BCUT2D eigenvalue weighted by atomic mass is 9.80. The number of rotatable bonds is 4. The summed E-state index contributed by atoms with van der Waals surface area (Å²) in [5, 5.41) is 0.706. The lowest BCUT2D eigenvalue weighted by Crippen LogP contribution is -2.54. The van der Waals surface area contributed by atoms with Gasteiger partial charge < -0.3 is 9.80 Å². The van der Waals surface area contributed by atoms with Crippen molar-refractivity contribution in [2.24, 2.45) is 5.92 Å². The predicted molar refractivity (Wildman–Crippen MR) is 129 cm³/mol. The van der Waals surface area contributed by atoms with Crippen LogP contribution in [0.5, 0.6) is 0 Å². The summed E-state index contributed by atoms with van der Waals surface area (Å²) in [5.41, 5.74) is 3.37. The molecule has 2 heterocycles. The van der Waals surface area contributed by atoms with Crippen molar-refractivity contribution >= 4 is 33.2 Å². The van der Waals surface area contributed by atoms with Crippen LogP contribution in [0.4, 0.5) is 5.69 Å². The molecular formula is C24H30ClN3O3S. The molecule has 0 N–H and O–H groups in total. The molecule has 1 amide bonds. The molecule has 2 fully saturated rings. The van der Waals surface area contributed by atoms with Crippen molar-refractivity contribution in [3.8, 4) is 0 Å². The standard InChI is InChI=1S/C24H30ClN3O3S/c1-18-8-9-20(25)16-23(18)26-12-14-27(15-13-26)24(29)22-17-28(32(2,30)31)11-10-21(22)19-6-4-3-5-7-19/h3-9,16,21-22H,10-15,17H2,1-2H3/t21-,22-/m1/s1. The quantitative estimate of drug-likeness (QED) is 0.680. The second-order valence-electron chi connectivity index (χ2n) is 8.78. The third-order valence-corrected chi connectivity index (χ3v) is 8.20. The number of anilines is 1. The number of carbonyl (C=O) groups is 1. The number of nitrogens with zero attached hydrogens (tertiary/aromatic N) is 3. The van der Waals surface area contributed by atoms with Gasteiger partial charge in [0.05, 0.1) is 12.2 Å². The minimum Gasteiger partial charge on any atom is -0.368 e. The molecule has 0 bridgehead atoms. The Morgan fingerprint density at radius 2 is 1.69 bits per heavy atom. The first-order valence-corrected chi connectivity index (χ1v) is 13.3. The summed E-state index contributed by atoms with van der Waals surface area (Å²) in [6.45, 7) is 5.44. The van der Waals surface area contributed by atoms with E-state index in [9.17, 15) is 13.2 Å². The van der Waals surface area contributed by atoms with Crippen LogP contribution in [0.1, 0.15) is 23.5 Å². The number of halogens is 1. The van der Waals surface area contributed by atoms with E-state index < -0.39 is 10.0 Å². The minimum atomic E-state index is -3.34. The molecule has 0 aromatic heterocycles. The van der Waals surface area contributed by atoms with Crippen molar-refractivity contribution < 1.29 is 13.2 Å². The topological polar surface area (TPSA) is 60.9 Å². The molecule has 32 heavy (non-hydrogen) atoms. The summed E-state index contributed by atoms with van der Waals surface area (Å²) in [6, 6.07) is 15.9. The highest BCUT2D eigenvalue weighted by molar-refractivity contribution is 7.88. The molecule has 6 nitrogen and oxygen atoms in total. The third kappa shape index (κ3) is 4.95. The van der Waals surface area contributed by atoms with E-state index in [0.717, 1.165) is 29.9 Å². The number of piperazine rings is 1. The van der Waals surface area contributed by atoms with Gasteiger partial charge in [-0.3, -0.25) is 4.79 Å². The molecule has 8 heteroatoms. The van der Waals surface area contributed by atoms with Gasteiger partial charge in [0.15, 0.2) is 0 Å². The predicted octanol–water partition coefficient (Wildman–Crippen LogP) is 3.36. The maximum absolute atomic E-state index is 13.6. The van der Waals surface area contributed by atoms with Crippen LogP contribution < -0.4 is 4.90 Å². The van der Waals surface area contributed by atoms with Gasteiger partial charge in [-0.25, -0.2) is 12.7 Å². The first-order valence-electron chi connectivity index (χ1n) is 11.0. The molecule has 2 aliphatic rings. The summed E-state index contributed by atoms with van der Waals surface area (Å²) in [6.07, 6.45) is 1.87. The van der Waals surface area contributed by atoms with Gasteiger partial charge in [0, 0.05) is 50.0 Å². The van der Waals surface area contributed by atoms with Gasteiger partial charge in [0.2, 0.25) is 15.9 Å². The summed E-state index contributed by atoms with van der Waals surface area (Å²) < 4.78 is 25.9. The van der Waals surface area contributed by atoms with E-state index in [1.807, 2.05) is 53.4 Å². The van der Waals surface area contributed by atoms with E-state index in [2.05, 4.69) is 11.8 Å². The number of hydrogen-bond acceptors (Lipinski definition) is 4. The van der Waals surface area contributed by atoms with E-state index in [4.69, 9.17) is 11.6 Å². The van der Waals surface area contributed by atoms with E-state index in [1.165, 1.54) is 10.6 Å². The Bertz CT molecular complexity index is 1070. The lowest BCUT2D eigenvalue weighted by Gasteiger charge is -2.42. The zero-order valence-electron chi connectivity index (χ0n) is 18.6. The summed E-state index contributed by atoms with van der Waals surface area (Å²) >= 11 is 6.20. The van der Waals surface area contributed by atoms with Crippen molar-refractivity contribution in [1.29, 1.82) is 0 Å². The van der Waals surface area contributed by atoms with Crippen LogP contribution in [0, 0.1) is 12.8 Å². The number of piperidine rings is 1. The monoisotopic (exact) mass is 475 g/mol. The van der Waals surface area contributed by atoms with Crippen LogP contribution in [0.3, 0.4) is 0 Å². The van der Waals surface area contributed by atoms with Crippen molar-refractivity contribution in [3.63, 3.8) is 0 Å². The fraction of sp³-hybridized carbons (Fsp3) is 0.458. The van der Waals surface area contributed by atoms with Crippen LogP contribution in [0.2, 0.25) is 5.02 Å². The fourth-order valence-corrected chi connectivity index (χ4v) is 5.93. The van der Waals surface area contributed by atoms with Gasteiger partial charge in [-0.05, 0) is 42.5 Å². The second kappa shape index (κ2) is 9.41. The van der Waals surface area contributed by atoms with Crippen molar-refractivity contribution in [2.75, 3.05) is 50.4 Å². The van der Waals surface area contributed by atoms with Crippen LogP contribution in [0.25, 0.3) is 0 Å². The number of carbonyl (C=O) groups excluding carboxylic acids is 1. The molecular weight excluding hydrogens is 446 g/mol. The molecule has 2 aromatic carbocycles. The van der Waals surface area contributed by atoms with Crippen LogP contribution in [-0.4, -0.2) is 69.1 Å². The van der Waals surface area contributed by atoms with Gasteiger partial charge in [-0.1, -0.05) is 48.0 Å². The summed E-state index contributed by atoms with van der Waals surface area (Å²) in [5.74, 6) is -0.301. The largest absolute Gasteiger partial charge is 0.368 e. The molecule has 0 radical (unpaired) electrons. The molecule has 0 spiro atoms. The SMILES string of the molecule is Cc1ccc(Cl)cc1N1CCN(C(=O)[C@@H]2CN(S(C)(=O)=O)CC[C@@H]2c2ccccc2)CC1. The van der Waals surface area contributed by atoms with Crippen molar-refractivity contribution in [2.45, 2.75) is 19.3 Å². The maximum atomic E-state index is 13.6. The lowest BCUT2D eigenvalue weighted by molar-refractivity contribution is -0.137. The zero-order chi connectivity index (χ0) is 22.9. The highest BCUT2D eigenvalue weighted by Crippen LogP contribution is 2.35. The van der Waals surface area contributed by atoms with Crippen LogP contribution in [0.15, 0.2) is 48.5 Å². The van der Waals surface area contributed by atoms with Crippen molar-refractivity contribution in [3.05, 3.63) is 64.7 Å². The number of amides is 1. The van der Waals surface area contributed by atoms with Gasteiger partial charge in [-0.15, -0.1) is 0 Å². The second-order valence-corrected chi connectivity index (χ2v) is 11.2. The van der Waals surface area contributed by atoms with Gasteiger partial charge >= 0.3 is 0 Å². The Hall–Kier alpha value is -2.09. The molecule has 2 saturated heterocycles. The Morgan fingerprint density at radius 3 is 2.34 bits per heavy atom. The number of benzene rings is 2. The van der Waals surface area contributed by atoms with Gasteiger partial charge in [-0.2, -0.15) is 0 Å². The van der Waals surface area contributed by atoms with Gasteiger partial charge in [0.1, 0.15) is 0 Å². The molecule has 0 unspecified atom stereocenters. The van der Waals surface area contributed by atoms with Crippen LogP contribution >= 0.6 is 11.6 Å². The molecule has 172 valence electrons. The molecule has 2 aromatic rings. The van der Waals surface area contributed by atoms with Gasteiger partial charge in [0.25, 0.3) is 0 Å². The number of aryl methyl sites for hydroxylation is 1. The minimum absolute atomic E-state index is 0.0231. The average molecular weight is 476 g/mol. The zero-order valence-corrected chi connectivity index (χ0v) is 20.1. The third-order valence-electron chi connectivity index (χ3n) is 6.69. The Kier molecular flexibility index (Phi) is 6.79. The molecule has 2 atom stereocenters. The Labute approximate surface area is 195 Å². The smallest absolute Gasteiger partial charge is 0.227 e. The highest BCUT2D eigenvalue weighted by atomic mass is 35.5. The van der Waals surface area contributed by atoms with E-state index >= 15 is 0 Å². The Balaban J connectivity index is 1.51. The van der Waals surface area contributed by atoms with E-state index in [1.54, 1.807) is 0 Å². The number of sulfonamides is 1. The Morgan fingerprint density at radius 1 is 1.00 bits per heavy atom. The summed E-state index contributed by atoms with van der Waals surface area (Å²) in [4.78, 5) is 17.8. The molecule has 2 aliphatic heterocycles. The molecule has 0 aliphatic carbocycles. The van der Waals surface area contributed by atoms with E-state index in [0.29, 0.717) is 31.1 Å². The average Bonchev–Trinajstić information content (AvgIpc) is 2.80. The summed E-state index contributed by atoms with van der Waals surface area (Å²) in [7, 11) is -3.34. The molecule has 0 saturated carbocycles. The highest BCUT2D eigenvalue weighted by Gasteiger charge is 2.40. The maximum Gasteiger partial charge on any atom is 0.227 e. The normalized spacial score (nSPS) is 22.7. The van der Waals surface area contributed by atoms with E-state index in [-0.39, 0.29) is 24.3 Å². The fourth-order valence-electron chi connectivity index (χ4n) is 4.90. The first kappa shape index (κ1) is 23.1.